The number of nitrogens with one attached hydrogen (secondary N) is 1. The third kappa shape index (κ3) is 4.89. The molecule has 1 aromatic heterocycles. The number of aromatic nitrogens is 1. The van der Waals surface area contributed by atoms with E-state index in [1.54, 1.807) is 0 Å². The first-order chi connectivity index (χ1) is 14.2. The van der Waals surface area contributed by atoms with Gasteiger partial charge in [-0.05, 0) is 56.2 Å². The number of amides is 1. The summed E-state index contributed by atoms with van der Waals surface area (Å²) in [6.45, 7) is 3.93. The minimum Gasteiger partial charge on any atom is -0.494 e. The zero-order valence-electron chi connectivity index (χ0n) is 16.4. The lowest BCUT2D eigenvalue weighted by atomic mass is 10.1. The van der Waals surface area contributed by atoms with E-state index in [0.717, 1.165) is 46.0 Å². The summed E-state index contributed by atoms with van der Waals surface area (Å²) >= 11 is 1.53. The Morgan fingerprint density at radius 2 is 2.07 bits per heavy atom. The number of fused-ring (bicyclic) bond motifs is 1. The molecule has 0 unspecified atom stereocenters. The van der Waals surface area contributed by atoms with Crippen molar-refractivity contribution in [3.63, 3.8) is 0 Å². The highest BCUT2D eigenvalue weighted by Crippen LogP contribution is 2.31. The summed E-state index contributed by atoms with van der Waals surface area (Å²) in [4.78, 5) is 18.7. The molecule has 1 amide bonds. The van der Waals surface area contributed by atoms with E-state index >= 15 is 0 Å². The molecule has 0 aliphatic carbocycles. The lowest BCUT2D eigenvalue weighted by molar-refractivity contribution is 0.0859. The molecule has 4 rings (SSSR count). The summed E-state index contributed by atoms with van der Waals surface area (Å²) in [5.74, 6) is 0.755. The van der Waals surface area contributed by atoms with E-state index in [1.165, 1.54) is 11.8 Å². The van der Waals surface area contributed by atoms with E-state index in [2.05, 4.69) is 5.32 Å². The molecule has 2 heterocycles. The van der Waals surface area contributed by atoms with Gasteiger partial charge in [0.1, 0.15) is 10.8 Å². The third-order valence-electron chi connectivity index (χ3n) is 4.81. The van der Waals surface area contributed by atoms with Crippen molar-refractivity contribution in [2.24, 2.45) is 0 Å². The second-order valence-corrected chi connectivity index (χ2v) is 7.97. The Labute approximate surface area is 174 Å². The maximum Gasteiger partial charge on any atom is 0.252 e. The largest absolute Gasteiger partial charge is 0.494 e. The van der Waals surface area contributed by atoms with Crippen molar-refractivity contribution in [2.45, 2.75) is 35.8 Å². The first-order valence-corrected chi connectivity index (χ1v) is 10.7. The van der Waals surface area contributed by atoms with Gasteiger partial charge in [0, 0.05) is 23.4 Å². The first-order valence-electron chi connectivity index (χ1n) is 9.93. The Hall–Kier alpha value is -2.57. The van der Waals surface area contributed by atoms with Crippen LogP contribution in [0.3, 0.4) is 0 Å². The first kappa shape index (κ1) is 19.7. The molecule has 2 aromatic carbocycles. The molecule has 5 nitrogen and oxygen atoms in total. The van der Waals surface area contributed by atoms with Crippen LogP contribution in [0.2, 0.25) is 0 Å². The molecule has 1 atom stereocenters. The fourth-order valence-corrected chi connectivity index (χ4v) is 4.22. The number of ether oxygens (including phenoxy) is 2. The van der Waals surface area contributed by atoms with E-state index in [-0.39, 0.29) is 12.0 Å². The van der Waals surface area contributed by atoms with Crippen LogP contribution in [0.4, 0.5) is 0 Å². The van der Waals surface area contributed by atoms with Crippen molar-refractivity contribution in [3.8, 4) is 5.75 Å². The summed E-state index contributed by atoms with van der Waals surface area (Å²) in [6.07, 6.45) is 2.17. The molecule has 1 fully saturated rings. The Morgan fingerprint density at radius 1 is 1.24 bits per heavy atom. The van der Waals surface area contributed by atoms with Gasteiger partial charge in [-0.3, -0.25) is 4.79 Å². The van der Waals surface area contributed by atoms with Crippen LogP contribution in [0.1, 0.15) is 30.1 Å². The molecule has 0 radical (unpaired) electrons. The Bertz CT molecular complexity index is 985. The summed E-state index contributed by atoms with van der Waals surface area (Å²) in [6, 6.07) is 17.5. The van der Waals surface area contributed by atoms with E-state index in [0.29, 0.717) is 18.7 Å². The zero-order valence-corrected chi connectivity index (χ0v) is 17.2. The van der Waals surface area contributed by atoms with E-state index in [1.807, 2.05) is 61.5 Å². The Morgan fingerprint density at radius 3 is 2.83 bits per heavy atom. The van der Waals surface area contributed by atoms with Crippen molar-refractivity contribution in [1.82, 2.24) is 10.3 Å². The number of nitrogens with zero attached hydrogens (tertiary/aromatic N) is 1. The van der Waals surface area contributed by atoms with Gasteiger partial charge in [-0.25, -0.2) is 4.98 Å². The molecular formula is C23H24N2O3S. The number of pyridine rings is 1. The second kappa shape index (κ2) is 9.29. The number of carbonyl (C=O) groups is 1. The maximum absolute atomic E-state index is 12.9. The SMILES string of the molecule is CCOc1ccc(Sc2cc(C(=O)NC[C@H]3CCCO3)c3ccccc3n2)cc1. The Kier molecular flexibility index (Phi) is 6.32. The van der Waals surface area contributed by atoms with Crippen molar-refractivity contribution < 1.29 is 14.3 Å². The fourth-order valence-electron chi connectivity index (χ4n) is 3.39. The third-order valence-corrected chi connectivity index (χ3v) is 5.73. The minimum absolute atomic E-state index is 0.0901. The van der Waals surface area contributed by atoms with Crippen LogP contribution in [0.15, 0.2) is 64.5 Å². The monoisotopic (exact) mass is 408 g/mol. The van der Waals surface area contributed by atoms with Crippen LogP contribution in [0, 0.1) is 0 Å². The molecule has 6 heteroatoms. The summed E-state index contributed by atoms with van der Waals surface area (Å²) in [5, 5.41) is 4.67. The van der Waals surface area contributed by atoms with E-state index in [9.17, 15) is 4.79 Å². The number of carbonyl (C=O) groups excluding carboxylic acids is 1. The lowest BCUT2D eigenvalue weighted by Crippen LogP contribution is -2.31. The molecule has 0 bridgehead atoms. The molecule has 1 N–H and O–H groups in total. The lowest BCUT2D eigenvalue weighted by Gasteiger charge is -2.13. The number of hydrogen-bond donors (Lipinski definition) is 1. The quantitative estimate of drug-likeness (QED) is 0.614. The molecule has 150 valence electrons. The van der Waals surface area contributed by atoms with Gasteiger partial charge in [0.15, 0.2) is 0 Å². The van der Waals surface area contributed by atoms with Crippen molar-refractivity contribution >= 4 is 28.6 Å². The van der Waals surface area contributed by atoms with Gasteiger partial charge in [0.05, 0.1) is 23.8 Å². The molecule has 29 heavy (non-hydrogen) atoms. The number of para-hydroxylation sites is 1. The van der Waals surface area contributed by atoms with Crippen LogP contribution in [0.25, 0.3) is 10.9 Å². The fraction of sp³-hybridized carbons (Fsp3) is 0.304. The van der Waals surface area contributed by atoms with Crippen LogP contribution >= 0.6 is 11.8 Å². The molecule has 1 aliphatic rings. The predicted molar refractivity (Wildman–Crippen MR) is 115 cm³/mol. The summed E-state index contributed by atoms with van der Waals surface area (Å²) < 4.78 is 11.1. The van der Waals surface area contributed by atoms with Gasteiger partial charge < -0.3 is 14.8 Å². The normalized spacial score (nSPS) is 16.1. The average molecular weight is 409 g/mol. The van der Waals surface area contributed by atoms with Gasteiger partial charge in [0.25, 0.3) is 5.91 Å². The molecule has 1 aliphatic heterocycles. The molecular weight excluding hydrogens is 384 g/mol. The van der Waals surface area contributed by atoms with Crippen LogP contribution < -0.4 is 10.1 Å². The predicted octanol–water partition coefficient (Wildman–Crippen LogP) is 4.69. The van der Waals surface area contributed by atoms with Crippen molar-refractivity contribution in [2.75, 3.05) is 19.8 Å². The van der Waals surface area contributed by atoms with Crippen LogP contribution in [-0.2, 0) is 4.74 Å². The second-order valence-electron chi connectivity index (χ2n) is 6.88. The number of hydrogen-bond acceptors (Lipinski definition) is 5. The van der Waals surface area contributed by atoms with Gasteiger partial charge in [0.2, 0.25) is 0 Å². The molecule has 0 spiro atoms. The standard InChI is InChI=1S/C23H24N2O3S/c1-2-27-16-9-11-18(12-10-16)29-22-14-20(19-7-3-4-8-21(19)25-22)23(26)24-15-17-6-5-13-28-17/h3-4,7-12,14,17H,2,5-6,13,15H2,1H3,(H,24,26)/t17-/m1/s1. The molecule has 1 saturated heterocycles. The number of benzene rings is 2. The average Bonchev–Trinajstić information content (AvgIpc) is 3.27. The molecule has 3 aromatic rings. The minimum atomic E-state index is -0.0901. The van der Waals surface area contributed by atoms with Crippen molar-refractivity contribution in [3.05, 3.63) is 60.2 Å². The smallest absolute Gasteiger partial charge is 0.252 e. The summed E-state index contributed by atoms with van der Waals surface area (Å²) in [5.41, 5.74) is 1.45. The van der Waals surface area contributed by atoms with E-state index in [4.69, 9.17) is 14.5 Å². The van der Waals surface area contributed by atoms with Gasteiger partial charge >= 0.3 is 0 Å². The van der Waals surface area contributed by atoms with Crippen LogP contribution in [-0.4, -0.2) is 36.8 Å². The highest BCUT2D eigenvalue weighted by molar-refractivity contribution is 7.99. The highest BCUT2D eigenvalue weighted by Gasteiger charge is 2.18. The van der Waals surface area contributed by atoms with Gasteiger partial charge in [-0.15, -0.1) is 0 Å². The topological polar surface area (TPSA) is 60.5 Å². The van der Waals surface area contributed by atoms with Crippen molar-refractivity contribution in [1.29, 1.82) is 0 Å². The van der Waals surface area contributed by atoms with Gasteiger partial charge in [-0.1, -0.05) is 30.0 Å². The van der Waals surface area contributed by atoms with Gasteiger partial charge in [-0.2, -0.15) is 0 Å². The highest BCUT2D eigenvalue weighted by atomic mass is 32.2. The molecule has 0 saturated carbocycles. The van der Waals surface area contributed by atoms with E-state index < -0.39 is 0 Å². The van der Waals surface area contributed by atoms with Crippen LogP contribution in [0.5, 0.6) is 5.75 Å². The Balaban J connectivity index is 1.57. The number of rotatable bonds is 7. The zero-order chi connectivity index (χ0) is 20.1. The summed E-state index contributed by atoms with van der Waals surface area (Å²) in [7, 11) is 0. The maximum atomic E-state index is 12.9.